The molecule has 8 heteroatoms. The van der Waals surface area contributed by atoms with E-state index in [1.165, 1.54) is 6.33 Å². The van der Waals surface area contributed by atoms with Crippen molar-refractivity contribution < 1.29 is 19.0 Å². The average molecular weight is 362 g/mol. The van der Waals surface area contributed by atoms with Gasteiger partial charge in [0.2, 0.25) is 11.7 Å². The van der Waals surface area contributed by atoms with Crippen LogP contribution >= 0.6 is 0 Å². The van der Waals surface area contributed by atoms with Gasteiger partial charge in [0, 0.05) is 7.05 Å². The van der Waals surface area contributed by atoms with Gasteiger partial charge in [0.05, 0.1) is 33.8 Å². The van der Waals surface area contributed by atoms with Crippen molar-refractivity contribution in [3.63, 3.8) is 0 Å². The fourth-order valence-corrected chi connectivity index (χ4v) is 2.76. The lowest BCUT2D eigenvalue weighted by atomic mass is 10.0. The van der Waals surface area contributed by atoms with E-state index in [0.29, 0.717) is 17.2 Å². The van der Waals surface area contributed by atoms with Gasteiger partial charge in [0.15, 0.2) is 11.5 Å². The van der Waals surface area contributed by atoms with Crippen molar-refractivity contribution in [2.45, 2.75) is 26.3 Å². The molecule has 1 atom stereocenters. The number of rotatable bonds is 8. The zero-order valence-corrected chi connectivity index (χ0v) is 16.1. The summed E-state index contributed by atoms with van der Waals surface area (Å²) >= 11 is 0. The number of methoxy groups -OCH3 is 3. The van der Waals surface area contributed by atoms with Crippen molar-refractivity contribution in [3.8, 4) is 17.2 Å². The Morgan fingerprint density at radius 3 is 2.19 bits per heavy atom. The Bertz CT molecular complexity index is 732. The molecule has 2 rings (SSSR count). The van der Waals surface area contributed by atoms with E-state index in [9.17, 15) is 4.79 Å². The zero-order chi connectivity index (χ0) is 19.3. The number of benzene rings is 1. The minimum absolute atomic E-state index is 0.124. The molecular formula is C18H26N4O4. The molecular weight excluding hydrogens is 336 g/mol. The van der Waals surface area contributed by atoms with Gasteiger partial charge in [0.1, 0.15) is 12.2 Å². The van der Waals surface area contributed by atoms with Crippen molar-refractivity contribution in [2.75, 3.05) is 21.3 Å². The van der Waals surface area contributed by atoms with Crippen molar-refractivity contribution in [3.05, 3.63) is 29.8 Å². The first-order chi connectivity index (χ1) is 12.4. The summed E-state index contributed by atoms with van der Waals surface area (Å²) in [4.78, 5) is 16.9. The second kappa shape index (κ2) is 8.55. The number of ether oxygens (including phenoxy) is 3. The Kier molecular flexibility index (Phi) is 6.43. The molecule has 0 bridgehead atoms. The SMILES string of the molecule is COc1cc(CC(=O)N[C@@H](c2ncnn2C)C(C)C)cc(OC)c1OC. The molecule has 1 heterocycles. The van der Waals surface area contributed by atoms with Crippen LogP contribution in [0.3, 0.4) is 0 Å². The number of amides is 1. The molecule has 0 aliphatic rings. The smallest absolute Gasteiger partial charge is 0.225 e. The Morgan fingerprint density at radius 1 is 1.15 bits per heavy atom. The van der Waals surface area contributed by atoms with Crippen LogP contribution in [0.1, 0.15) is 31.3 Å². The molecule has 1 aromatic carbocycles. The molecule has 1 amide bonds. The van der Waals surface area contributed by atoms with Crippen molar-refractivity contribution in [1.82, 2.24) is 20.1 Å². The van der Waals surface area contributed by atoms with E-state index in [0.717, 1.165) is 11.4 Å². The third-order valence-electron chi connectivity index (χ3n) is 4.10. The lowest BCUT2D eigenvalue weighted by Crippen LogP contribution is -2.34. The quantitative estimate of drug-likeness (QED) is 0.772. The van der Waals surface area contributed by atoms with Gasteiger partial charge in [-0.25, -0.2) is 4.98 Å². The van der Waals surface area contributed by atoms with E-state index in [1.54, 1.807) is 38.1 Å². The molecule has 0 fully saturated rings. The molecule has 0 radical (unpaired) electrons. The number of hydrogen-bond donors (Lipinski definition) is 1. The number of hydrogen-bond acceptors (Lipinski definition) is 6. The van der Waals surface area contributed by atoms with Crippen LogP contribution in [0.2, 0.25) is 0 Å². The van der Waals surface area contributed by atoms with Gasteiger partial charge < -0.3 is 19.5 Å². The number of aromatic nitrogens is 3. The van der Waals surface area contributed by atoms with Gasteiger partial charge in [-0.3, -0.25) is 9.48 Å². The van der Waals surface area contributed by atoms with E-state index in [4.69, 9.17) is 14.2 Å². The first-order valence-corrected chi connectivity index (χ1v) is 8.33. The van der Waals surface area contributed by atoms with Crippen molar-refractivity contribution >= 4 is 5.91 Å². The second-order valence-corrected chi connectivity index (χ2v) is 6.24. The lowest BCUT2D eigenvalue weighted by Gasteiger charge is -2.21. The summed E-state index contributed by atoms with van der Waals surface area (Å²) in [5, 5.41) is 7.12. The molecule has 1 N–H and O–H groups in total. The molecule has 0 aliphatic heterocycles. The van der Waals surface area contributed by atoms with Crippen LogP contribution in [0.4, 0.5) is 0 Å². The molecule has 26 heavy (non-hydrogen) atoms. The van der Waals surface area contributed by atoms with E-state index >= 15 is 0 Å². The molecule has 0 saturated carbocycles. The van der Waals surface area contributed by atoms with Gasteiger partial charge in [-0.2, -0.15) is 5.10 Å². The zero-order valence-electron chi connectivity index (χ0n) is 16.1. The highest BCUT2D eigenvalue weighted by molar-refractivity contribution is 5.79. The van der Waals surface area contributed by atoms with Gasteiger partial charge in [-0.15, -0.1) is 0 Å². The number of aryl methyl sites for hydroxylation is 1. The minimum atomic E-state index is -0.225. The molecule has 0 spiro atoms. The molecule has 2 aromatic rings. The normalized spacial score (nSPS) is 12.0. The van der Waals surface area contributed by atoms with Gasteiger partial charge in [-0.05, 0) is 23.6 Å². The van der Waals surface area contributed by atoms with E-state index in [2.05, 4.69) is 15.4 Å². The highest BCUT2D eigenvalue weighted by Crippen LogP contribution is 2.38. The summed E-state index contributed by atoms with van der Waals surface area (Å²) in [6, 6.07) is 3.32. The van der Waals surface area contributed by atoms with Crippen molar-refractivity contribution in [1.29, 1.82) is 0 Å². The predicted octanol–water partition coefficient (Wildman–Crippen LogP) is 1.90. The number of carbonyl (C=O) groups is 1. The fourth-order valence-electron chi connectivity index (χ4n) is 2.76. The number of nitrogens with one attached hydrogen (secondary N) is 1. The summed E-state index contributed by atoms with van der Waals surface area (Å²) in [7, 11) is 6.44. The summed E-state index contributed by atoms with van der Waals surface area (Å²) < 4.78 is 17.7. The Hall–Kier alpha value is -2.77. The summed E-state index contributed by atoms with van der Waals surface area (Å²) in [6.45, 7) is 4.05. The maximum Gasteiger partial charge on any atom is 0.225 e. The van der Waals surface area contributed by atoms with Gasteiger partial charge in [0.25, 0.3) is 0 Å². The van der Waals surface area contributed by atoms with Crippen LogP contribution in [0.25, 0.3) is 0 Å². The number of nitrogens with zero attached hydrogens (tertiary/aromatic N) is 3. The second-order valence-electron chi connectivity index (χ2n) is 6.24. The molecule has 0 aliphatic carbocycles. The Balaban J connectivity index is 2.20. The third kappa shape index (κ3) is 4.25. The monoisotopic (exact) mass is 362 g/mol. The standard InChI is InChI=1S/C18H26N4O4/c1-11(2)16(18-19-10-20-22(18)3)21-15(23)9-12-7-13(24-4)17(26-6)14(8-12)25-5/h7-8,10-11,16H,9H2,1-6H3,(H,21,23)/t16-/m1/s1. The van der Waals surface area contributed by atoms with Gasteiger partial charge >= 0.3 is 0 Å². The highest BCUT2D eigenvalue weighted by Gasteiger charge is 2.23. The molecule has 0 unspecified atom stereocenters. The predicted molar refractivity (Wildman–Crippen MR) is 96.5 cm³/mol. The first-order valence-electron chi connectivity index (χ1n) is 8.33. The molecule has 8 nitrogen and oxygen atoms in total. The van der Waals surface area contributed by atoms with Crippen LogP contribution in [-0.2, 0) is 18.3 Å². The van der Waals surface area contributed by atoms with E-state index in [1.807, 2.05) is 20.9 Å². The topological polar surface area (TPSA) is 87.5 Å². The summed E-state index contributed by atoms with van der Waals surface area (Å²) in [5.74, 6) is 2.30. The first kappa shape index (κ1) is 19.6. The minimum Gasteiger partial charge on any atom is -0.493 e. The third-order valence-corrected chi connectivity index (χ3v) is 4.10. The maximum absolute atomic E-state index is 12.6. The Labute approximate surface area is 153 Å². The van der Waals surface area contributed by atoms with Crippen LogP contribution in [-0.4, -0.2) is 42.0 Å². The fraction of sp³-hybridized carbons (Fsp3) is 0.500. The maximum atomic E-state index is 12.6. The summed E-state index contributed by atoms with van der Waals surface area (Å²) in [5.41, 5.74) is 0.762. The van der Waals surface area contributed by atoms with Crippen LogP contribution in [0.5, 0.6) is 17.2 Å². The van der Waals surface area contributed by atoms with Crippen LogP contribution < -0.4 is 19.5 Å². The Morgan fingerprint density at radius 2 is 1.77 bits per heavy atom. The lowest BCUT2D eigenvalue weighted by molar-refractivity contribution is -0.121. The highest BCUT2D eigenvalue weighted by atomic mass is 16.5. The largest absolute Gasteiger partial charge is 0.493 e. The van der Waals surface area contributed by atoms with Crippen LogP contribution in [0.15, 0.2) is 18.5 Å². The number of carbonyl (C=O) groups excluding carboxylic acids is 1. The van der Waals surface area contributed by atoms with E-state index in [-0.39, 0.29) is 24.3 Å². The van der Waals surface area contributed by atoms with Crippen LogP contribution in [0, 0.1) is 5.92 Å². The average Bonchev–Trinajstić information content (AvgIpc) is 3.04. The van der Waals surface area contributed by atoms with E-state index < -0.39 is 0 Å². The summed E-state index contributed by atoms with van der Waals surface area (Å²) in [6.07, 6.45) is 1.66. The van der Waals surface area contributed by atoms with Crippen molar-refractivity contribution in [2.24, 2.45) is 13.0 Å². The molecule has 1 aromatic heterocycles. The molecule has 0 saturated heterocycles. The van der Waals surface area contributed by atoms with Gasteiger partial charge in [-0.1, -0.05) is 13.8 Å². The molecule has 142 valence electrons.